The van der Waals surface area contributed by atoms with Gasteiger partial charge < -0.3 is 8.61 Å². The van der Waals surface area contributed by atoms with E-state index in [1.165, 1.54) is 49.9 Å². The van der Waals surface area contributed by atoms with Gasteiger partial charge in [-0.1, -0.05) is 6.92 Å². The Kier molecular flexibility index (Phi) is 9.27. The van der Waals surface area contributed by atoms with Gasteiger partial charge in [0.05, 0.1) is 26.2 Å². The topological polar surface area (TPSA) is 82.4 Å². The molecule has 0 unspecified atom stereocenters. The minimum atomic E-state index is -7.62. The van der Waals surface area contributed by atoms with Crippen molar-refractivity contribution in [2.24, 2.45) is 0 Å². The minimum Gasteiger partial charge on any atom is -0.425 e. The molecule has 0 aromatic carbocycles. The van der Waals surface area contributed by atoms with Crippen LogP contribution in [0, 0.1) is 0 Å². The summed E-state index contributed by atoms with van der Waals surface area (Å²) in [7, 11) is -15.2. The lowest BCUT2D eigenvalue weighted by Gasteiger charge is -2.32. The Bertz CT molecular complexity index is 747. The Morgan fingerprint density at radius 2 is 1.03 bits per heavy atom. The van der Waals surface area contributed by atoms with Crippen molar-refractivity contribution in [3.8, 4) is 0 Å². The SMILES string of the molecule is CCC[N+]1(CC)CCCC1.O=S(=O)([N-]S(=O)(=O)C(F)(F)C(F)(F)F)C(F)(F)C(F)(F)F. The van der Waals surface area contributed by atoms with E-state index in [0.29, 0.717) is 4.13 Å². The van der Waals surface area contributed by atoms with Crippen molar-refractivity contribution in [3.05, 3.63) is 4.13 Å². The highest BCUT2D eigenvalue weighted by Gasteiger charge is 2.68. The van der Waals surface area contributed by atoms with Crippen molar-refractivity contribution in [2.45, 2.75) is 56.0 Å². The smallest absolute Gasteiger partial charge is 0.425 e. The maximum absolute atomic E-state index is 12.3. The molecule has 1 saturated heterocycles. The summed E-state index contributed by atoms with van der Waals surface area (Å²) >= 11 is 0. The molecule has 188 valence electrons. The van der Waals surface area contributed by atoms with Crippen LogP contribution in [0.1, 0.15) is 33.1 Å². The van der Waals surface area contributed by atoms with Crippen LogP contribution in [0.5, 0.6) is 0 Å². The van der Waals surface area contributed by atoms with E-state index in [0.717, 1.165) is 0 Å². The van der Waals surface area contributed by atoms with Gasteiger partial charge >= 0.3 is 22.9 Å². The molecule has 0 bridgehead atoms. The predicted molar refractivity (Wildman–Crippen MR) is 88.1 cm³/mol. The van der Waals surface area contributed by atoms with Crippen LogP contribution in [0.25, 0.3) is 4.13 Å². The van der Waals surface area contributed by atoms with E-state index >= 15 is 0 Å². The maximum Gasteiger partial charge on any atom is 0.467 e. The zero-order chi connectivity index (χ0) is 25.2. The van der Waals surface area contributed by atoms with E-state index < -0.39 is 42.9 Å². The quantitative estimate of drug-likeness (QED) is 0.368. The third kappa shape index (κ3) is 6.56. The first kappa shape index (κ1) is 30.1. The van der Waals surface area contributed by atoms with Crippen LogP contribution < -0.4 is 0 Å². The van der Waals surface area contributed by atoms with Gasteiger partial charge in [-0.2, -0.15) is 43.9 Å². The van der Waals surface area contributed by atoms with Crippen molar-refractivity contribution < 1.29 is 65.2 Å². The third-order valence-electron chi connectivity index (χ3n) is 4.39. The lowest BCUT2D eigenvalue weighted by atomic mass is 10.3. The molecular weight excluding hydrogens is 502 g/mol. The second-order valence-electron chi connectivity index (χ2n) is 6.59. The lowest BCUT2D eigenvalue weighted by Crippen LogP contribution is -2.48. The van der Waals surface area contributed by atoms with E-state index in [4.69, 9.17) is 0 Å². The van der Waals surface area contributed by atoms with Crippen LogP contribution in [-0.2, 0) is 20.0 Å². The average molecular weight is 522 g/mol. The van der Waals surface area contributed by atoms with Crippen LogP contribution in [0.2, 0.25) is 0 Å². The van der Waals surface area contributed by atoms with Crippen molar-refractivity contribution in [3.63, 3.8) is 0 Å². The van der Waals surface area contributed by atoms with Crippen LogP contribution in [0.3, 0.4) is 0 Å². The molecule has 0 aliphatic carbocycles. The Hall–Kier alpha value is -0.880. The monoisotopic (exact) mass is 522 g/mol. The number of sulfonamides is 2. The van der Waals surface area contributed by atoms with E-state index in [1.807, 2.05) is 0 Å². The number of quaternary nitrogens is 1. The van der Waals surface area contributed by atoms with Gasteiger partial charge in [0.2, 0.25) is 0 Å². The Labute approximate surface area is 172 Å². The second-order valence-corrected chi connectivity index (χ2v) is 10.1. The van der Waals surface area contributed by atoms with Gasteiger partial charge in [0.25, 0.3) is 0 Å². The van der Waals surface area contributed by atoms with E-state index in [2.05, 4.69) is 13.8 Å². The molecule has 0 spiro atoms. The Morgan fingerprint density at radius 3 is 1.26 bits per heavy atom. The molecule has 31 heavy (non-hydrogen) atoms. The molecule has 0 N–H and O–H groups in total. The van der Waals surface area contributed by atoms with Gasteiger partial charge in [0.1, 0.15) is 0 Å². The molecule has 0 amide bonds. The number of nitrogens with zero attached hydrogens (tertiary/aromatic N) is 2. The van der Waals surface area contributed by atoms with Gasteiger partial charge in [-0.3, -0.25) is 0 Å². The van der Waals surface area contributed by atoms with Gasteiger partial charge in [-0.25, -0.2) is 16.8 Å². The molecular formula is C13H20F10N2O4S2. The summed E-state index contributed by atoms with van der Waals surface area (Å²) in [5, 5.41) is -14.0. The summed E-state index contributed by atoms with van der Waals surface area (Å²) in [6, 6.07) is 0. The highest BCUT2D eigenvalue weighted by molar-refractivity contribution is 8.13. The van der Waals surface area contributed by atoms with Crippen LogP contribution in [-0.4, -0.2) is 70.4 Å². The molecule has 0 saturated carbocycles. The minimum absolute atomic E-state index is 0.422. The largest absolute Gasteiger partial charge is 0.467 e. The molecule has 6 nitrogen and oxygen atoms in total. The first-order valence-corrected chi connectivity index (χ1v) is 11.4. The second kappa shape index (κ2) is 9.54. The van der Waals surface area contributed by atoms with Gasteiger partial charge in [-0.15, -0.1) is 0 Å². The van der Waals surface area contributed by atoms with Crippen LogP contribution >= 0.6 is 0 Å². The van der Waals surface area contributed by atoms with Gasteiger partial charge in [-0.05, 0) is 13.3 Å². The van der Waals surface area contributed by atoms with Gasteiger partial charge in [0, 0.05) is 12.8 Å². The molecule has 1 rings (SSSR count). The van der Waals surface area contributed by atoms with Gasteiger partial charge in [0.15, 0.2) is 20.0 Å². The number of hydrogen-bond acceptors (Lipinski definition) is 4. The summed E-state index contributed by atoms with van der Waals surface area (Å²) in [6.07, 6.45) is -9.72. The molecule has 0 atom stereocenters. The van der Waals surface area contributed by atoms with Crippen molar-refractivity contribution >= 4 is 20.0 Å². The molecule has 0 aromatic rings. The van der Waals surface area contributed by atoms with Crippen molar-refractivity contribution in [1.82, 2.24) is 0 Å². The van der Waals surface area contributed by atoms with Crippen molar-refractivity contribution in [2.75, 3.05) is 26.2 Å². The number of rotatable bonds is 7. The highest BCUT2D eigenvalue weighted by Crippen LogP contribution is 2.47. The fraction of sp³-hybridized carbons (Fsp3) is 1.00. The molecule has 1 aliphatic heterocycles. The first-order valence-electron chi connectivity index (χ1n) is 8.51. The van der Waals surface area contributed by atoms with Crippen LogP contribution in [0.4, 0.5) is 43.9 Å². The molecule has 1 fully saturated rings. The summed E-state index contributed by atoms with van der Waals surface area (Å²) in [4.78, 5) is 0. The zero-order valence-electron chi connectivity index (χ0n) is 16.1. The summed E-state index contributed by atoms with van der Waals surface area (Å²) in [5.41, 5.74) is 0. The van der Waals surface area contributed by atoms with E-state index in [1.54, 1.807) is 0 Å². The summed E-state index contributed by atoms with van der Waals surface area (Å²) in [5.74, 6) is 0. The molecule has 0 radical (unpaired) electrons. The molecule has 0 aromatic heterocycles. The maximum atomic E-state index is 12.3. The van der Waals surface area contributed by atoms with Crippen LogP contribution in [0.15, 0.2) is 0 Å². The Balaban J connectivity index is 0.000000743. The number of halogens is 10. The number of likely N-dealkylation sites (tertiary alicyclic amines) is 1. The molecule has 18 heteroatoms. The highest BCUT2D eigenvalue weighted by atomic mass is 32.3. The van der Waals surface area contributed by atoms with Crippen molar-refractivity contribution in [1.29, 1.82) is 0 Å². The fourth-order valence-corrected chi connectivity index (χ4v) is 5.06. The van der Waals surface area contributed by atoms with E-state index in [-0.39, 0.29) is 0 Å². The molecule has 1 aliphatic rings. The molecule has 1 heterocycles. The number of hydrogen-bond donors (Lipinski definition) is 0. The first-order chi connectivity index (χ1) is 13.5. The lowest BCUT2D eigenvalue weighted by molar-refractivity contribution is -0.915. The number of alkyl halides is 10. The average Bonchev–Trinajstić information content (AvgIpc) is 3.01. The fourth-order valence-electron chi connectivity index (χ4n) is 2.69. The van der Waals surface area contributed by atoms with E-state index in [9.17, 15) is 60.7 Å². The normalized spacial score (nSPS) is 18.5. The Morgan fingerprint density at radius 1 is 0.710 bits per heavy atom. The standard InChI is InChI=1S/C9H20N.C4F10NO4S2/c1-3-7-10(4-2)8-5-6-9-10;5-1(6,7)3(11,12)20(16,17)15-21(18,19)4(13,14)2(8,9)10/h3-9H2,1-2H3;/q+1;-1. The summed E-state index contributed by atoms with van der Waals surface area (Å²) in [6.45, 7) is 10.3. The third-order valence-corrected chi connectivity index (χ3v) is 7.72. The zero-order valence-corrected chi connectivity index (χ0v) is 17.7. The summed E-state index contributed by atoms with van der Waals surface area (Å²) < 4.78 is 162. The predicted octanol–water partition coefficient (Wildman–Crippen LogP) is 4.36.